The minimum Gasteiger partial charge on any atom is -0.494 e. The summed E-state index contributed by atoms with van der Waals surface area (Å²) in [5.41, 5.74) is 0.0945. The second-order valence-corrected chi connectivity index (χ2v) is 3.79. The molecule has 1 aromatic carbocycles. The van der Waals surface area contributed by atoms with Gasteiger partial charge in [-0.15, -0.1) is 13.2 Å². The summed E-state index contributed by atoms with van der Waals surface area (Å²) in [5, 5.41) is 0.00797. The highest BCUT2D eigenvalue weighted by molar-refractivity contribution is 9.09. The van der Waals surface area contributed by atoms with E-state index in [4.69, 9.17) is 4.74 Å². The summed E-state index contributed by atoms with van der Waals surface area (Å²) < 4.78 is 45.2. The number of hydrogen-bond acceptors (Lipinski definition) is 3. The van der Waals surface area contributed by atoms with Crippen LogP contribution in [0.25, 0.3) is 0 Å². The molecule has 0 aliphatic rings. The van der Waals surface area contributed by atoms with E-state index in [2.05, 4.69) is 20.7 Å². The maximum absolute atomic E-state index is 12.1. The summed E-state index contributed by atoms with van der Waals surface area (Å²) in [6, 6.07) is 3.48. The number of rotatable bonds is 5. The van der Waals surface area contributed by atoms with Gasteiger partial charge in [-0.1, -0.05) is 15.9 Å². The third-order valence-electron chi connectivity index (χ3n) is 1.87. The lowest BCUT2D eigenvalue weighted by molar-refractivity contribution is -0.274. The van der Waals surface area contributed by atoms with E-state index in [1.54, 1.807) is 6.92 Å². The van der Waals surface area contributed by atoms with Crippen molar-refractivity contribution in [1.82, 2.24) is 0 Å². The van der Waals surface area contributed by atoms with Gasteiger partial charge in [-0.2, -0.15) is 0 Å². The fourth-order valence-corrected chi connectivity index (χ4v) is 1.58. The predicted molar refractivity (Wildman–Crippen MR) is 62.4 cm³/mol. The van der Waals surface area contributed by atoms with Gasteiger partial charge in [0.05, 0.1) is 11.9 Å². The zero-order valence-electron chi connectivity index (χ0n) is 9.38. The molecular weight excluding hydrogens is 317 g/mol. The van der Waals surface area contributed by atoms with Crippen LogP contribution in [0.2, 0.25) is 0 Å². The Kier molecular flexibility index (Phi) is 5.01. The molecule has 0 N–H and O–H groups in total. The SMILES string of the molecule is CCOc1cc(OC(F)(F)F)cc(C(=O)CBr)c1. The average Bonchev–Trinajstić information content (AvgIpc) is 2.25. The van der Waals surface area contributed by atoms with Crippen LogP contribution in [0.4, 0.5) is 13.2 Å². The van der Waals surface area contributed by atoms with Gasteiger partial charge in [-0.05, 0) is 19.1 Å². The molecule has 0 heterocycles. The highest BCUT2D eigenvalue weighted by Crippen LogP contribution is 2.28. The van der Waals surface area contributed by atoms with Crippen LogP contribution in [0.15, 0.2) is 18.2 Å². The zero-order valence-corrected chi connectivity index (χ0v) is 11.0. The number of Topliss-reactive ketones (excluding diaryl/α,β-unsaturated/α-hetero) is 1. The fraction of sp³-hybridized carbons (Fsp3) is 0.364. The monoisotopic (exact) mass is 326 g/mol. The van der Waals surface area contributed by atoms with E-state index in [0.29, 0.717) is 0 Å². The van der Waals surface area contributed by atoms with Crippen LogP contribution in [0.3, 0.4) is 0 Å². The van der Waals surface area contributed by atoms with Crippen molar-refractivity contribution in [2.75, 3.05) is 11.9 Å². The molecule has 0 atom stereocenters. The van der Waals surface area contributed by atoms with E-state index in [1.807, 2.05) is 0 Å². The molecule has 0 aliphatic heterocycles. The van der Waals surface area contributed by atoms with Crippen LogP contribution in [-0.2, 0) is 0 Å². The largest absolute Gasteiger partial charge is 0.573 e. The van der Waals surface area contributed by atoms with Crippen molar-refractivity contribution in [3.8, 4) is 11.5 Å². The van der Waals surface area contributed by atoms with Crippen molar-refractivity contribution >= 4 is 21.7 Å². The van der Waals surface area contributed by atoms with Crippen LogP contribution in [0.5, 0.6) is 11.5 Å². The third kappa shape index (κ3) is 4.56. The summed E-state index contributed by atoms with van der Waals surface area (Å²) in [6.45, 7) is 1.96. The molecule has 0 aromatic heterocycles. The molecule has 0 saturated carbocycles. The zero-order chi connectivity index (χ0) is 13.8. The maximum Gasteiger partial charge on any atom is 0.573 e. The van der Waals surface area contributed by atoms with Crippen molar-refractivity contribution in [1.29, 1.82) is 0 Å². The molecule has 1 rings (SSSR count). The van der Waals surface area contributed by atoms with E-state index < -0.39 is 12.1 Å². The number of ether oxygens (including phenoxy) is 2. The van der Waals surface area contributed by atoms with E-state index in [0.717, 1.165) is 12.1 Å². The van der Waals surface area contributed by atoms with E-state index >= 15 is 0 Å². The Labute approximate surface area is 110 Å². The van der Waals surface area contributed by atoms with Crippen molar-refractivity contribution in [2.45, 2.75) is 13.3 Å². The van der Waals surface area contributed by atoms with Crippen LogP contribution in [-0.4, -0.2) is 24.1 Å². The number of carbonyl (C=O) groups excluding carboxylic acids is 1. The molecule has 7 heteroatoms. The van der Waals surface area contributed by atoms with Crippen LogP contribution in [0.1, 0.15) is 17.3 Å². The van der Waals surface area contributed by atoms with E-state index in [9.17, 15) is 18.0 Å². The summed E-state index contributed by atoms with van der Waals surface area (Å²) in [4.78, 5) is 11.4. The minimum absolute atomic E-state index is 0.00797. The summed E-state index contributed by atoms with van der Waals surface area (Å²) >= 11 is 2.95. The summed E-state index contributed by atoms with van der Waals surface area (Å²) in [6.07, 6.45) is -4.81. The molecule has 0 aliphatic carbocycles. The Morgan fingerprint density at radius 1 is 1.28 bits per heavy atom. The molecule has 100 valence electrons. The first-order valence-corrected chi connectivity index (χ1v) is 6.10. The molecular formula is C11H10BrF3O3. The summed E-state index contributed by atoms with van der Waals surface area (Å²) in [5.74, 6) is -0.676. The van der Waals surface area contributed by atoms with Gasteiger partial charge >= 0.3 is 6.36 Å². The standard InChI is InChI=1S/C11H10BrF3O3/c1-2-17-8-3-7(10(16)6-12)4-9(5-8)18-11(13,14)15/h3-5H,2,6H2,1H3. The molecule has 18 heavy (non-hydrogen) atoms. The van der Waals surface area contributed by atoms with Gasteiger partial charge < -0.3 is 9.47 Å². The topological polar surface area (TPSA) is 35.5 Å². The third-order valence-corrected chi connectivity index (χ3v) is 2.38. The van der Waals surface area contributed by atoms with Crippen LogP contribution in [0, 0.1) is 0 Å². The number of ketones is 1. The average molecular weight is 327 g/mol. The smallest absolute Gasteiger partial charge is 0.494 e. The number of alkyl halides is 4. The molecule has 0 fully saturated rings. The lowest BCUT2D eigenvalue weighted by Crippen LogP contribution is -2.17. The van der Waals surface area contributed by atoms with Crippen molar-refractivity contribution in [3.63, 3.8) is 0 Å². The van der Waals surface area contributed by atoms with E-state index in [-0.39, 0.29) is 29.0 Å². The van der Waals surface area contributed by atoms with Crippen LogP contribution < -0.4 is 9.47 Å². The Bertz CT molecular complexity index is 432. The van der Waals surface area contributed by atoms with E-state index in [1.165, 1.54) is 6.07 Å². The number of halogens is 4. The Hall–Kier alpha value is -1.24. The highest BCUT2D eigenvalue weighted by Gasteiger charge is 2.31. The van der Waals surface area contributed by atoms with Crippen molar-refractivity contribution < 1.29 is 27.4 Å². The molecule has 0 amide bonds. The van der Waals surface area contributed by atoms with Crippen molar-refractivity contribution in [3.05, 3.63) is 23.8 Å². The molecule has 0 unspecified atom stereocenters. The lowest BCUT2D eigenvalue weighted by atomic mass is 10.1. The fourth-order valence-electron chi connectivity index (χ4n) is 1.25. The van der Waals surface area contributed by atoms with Crippen LogP contribution >= 0.6 is 15.9 Å². The predicted octanol–water partition coefficient (Wildman–Crippen LogP) is 3.56. The molecule has 3 nitrogen and oxygen atoms in total. The number of hydrogen-bond donors (Lipinski definition) is 0. The van der Waals surface area contributed by atoms with Gasteiger partial charge in [-0.25, -0.2) is 0 Å². The molecule has 0 radical (unpaired) electrons. The maximum atomic E-state index is 12.1. The van der Waals surface area contributed by atoms with Gasteiger partial charge in [0.15, 0.2) is 5.78 Å². The molecule has 0 saturated heterocycles. The van der Waals surface area contributed by atoms with Gasteiger partial charge in [-0.3, -0.25) is 4.79 Å². The second-order valence-electron chi connectivity index (χ2n) is 3.23. The van der Waals surface area contributed by atoms with Crippen molar-refractivity contribution in [2.24, 2.45) is 0 Å². The molecule has 1 aromatic rings. The van der Waals surface area contributed by atoms with Gasteiger partial charge in [0, 0.05) is 11.6 Å². The van der Waals surface area contributed by atoms with Gasteiger partial charge in [0.2, 0.25) is 0 Å². The lowest BCUT2D eigenvalue weighted by Gasteiger charge is -2.12. The number of benzene rings is 1. The molecule has 0 bridgehead atoms. The quantitative estimate of drug-likeness (QED) is 0.613. The first-order valence-electron chi connectivity index (χ1n) is 4.98. The summed E-state index contributed by atoms with van der Waals surface area (Å²) in [7, 11) is 0. The number of carbonyl (C=O) groups is 1. The Morgan fingerprint density at radius 3 is 2.39 bits per heavy atom. The Morgan fingerprint density at radius 2 is 1.89 bits per heavy atom. The Balaban J connectivity index is 3.09. The highest BCUT2D eigenvalue weighted by atomic mass is 79.9. The van der Waals surface area contributed by atoms with Gasteiger partial charge in [0.1, 0.15) is 11.5 Å². The minimum atomic E-state index is -4.81. The second kappa shape index (κ2) is 6.08. The first-order chi connectivity index (χ1) is 8.35. The normalized spacial score (nSPS) is 11.2. The molecule has 0 spiro atoms. The first kappa shape index (κ1) is 14.8. The van der Waals surface area contributed by atoms with Gasteiger partial charge in [0.25, 0.3) is 0 Å².